The summed E-state index contributed by atoms with van der Waals surface area (Å²) in [7, 11) is 1.64. The normalized spacial score (nSPS) is 9.94. The van der Waals surface area contributed by atoms with Gasteiger partial charge in [0.1, 0.15) is 12.0 Å². The average Bonchev–Trinajstić information content (AvgIpc) is 2.40. The molecule has 0 atom stereocenters. The lowest BCUT2D eigenvalue weighted by Crippen LogP contribution is -1.95. The van der Waals surface area contributed by atoms with Crippen molar-refractivity contribution in [1.82, 2.24) is 0 Å². The number of methoxy groups -OCH3 is 1. The fourth-order valence-corrected chi connectivity index (χ4v) is 1.83. The third-order valence-corrected chi connectivity index (χ3v) is 2.68. The molecule has 86 valence electrons. The standard InChI is InChI=1S/C15H14O2/c1-17-15-8-7-13(11-16)10-14(15)9-12-5-3-2-4-6-12/h2-8,10-11H,9H2,1H3. The minimum absolute atomic E-state index is 0.678. The molecule has 0 saturated carbocycles. The van der Waals surface area contributed by atoms with Crippen molar-refractivity contribution in [2.75, 3.05) is 7.11 Å². The number of aldehydes is 1. The number of carbonyl (C=O) groups excluding carboxylic acids is 1. The van der Waals surface area contributed by atoms with Crippen LogP contribution < -0.4 is 4.74 Å². The Morgan fingerprint density at radius 2 is 1.88 bits per heavy atom. The maximum absolute atomic E-state index is 10.8. The van der Waals surface area contributed by atoms with Crippen LogP contribution in [0.1, 0.15) is 21.5 Å². The van der Waals surface area contributed by atoms with Gasteiger partial charge in [-0.25, -0.2) is 0 Å². The molecule has 0 N–H and O–H groups in total. The van der Waals surface area contributed by atoms with Gasteiger partial charge < -0.3 is 4.74 Å². The Bertz CT molecular complexity index is 504. The molecule has 0 saturated heterocycles. The molecule has 2 nitrogen and oxygen atoms in total. The van der Waals surface area contributed by atoms with Crippen LogP contribution in [-0.2, 0) is 6.42 Å². The first kappa shape index (κ1) is 11.4. The highest BCUT2D eigenvalue weighted by Gasteiger charge is 2.05. The zero-order valence-corrected chi connectivity index (χ0v) is 9.72. The van der Waals surface area contributed by atoms with Crippen molar-refractivity contribution in [3.05, 3.63) is 65.2 Å². The molecule has 2 aromatic rings. The Balaban J connectivity index is 2.33. The average molecular weight is 226 g/mol. The highest BCUT2D eigenvalue weighted by Crippen LogP contribution is 2.22. The second-order valence-electron chi connectivity index (χ2n) is 3.85. The third-order valence-electron chi connectivity index (χ3n) is 2.68. The number of hydrogen-bond acceptors (Lipinski definition) is 2. The lowest BCUT2D eigenvalue weighted by atomic mass is 10.0. The van der Waals surface area contributed by atoms with Crippen LogP contribution in [0.2, 0.25) is 0 Å². The van der Waals surface area contributed by atoms with Crippen LogP contribution in [0.3, 0.4) is 0 Å². The molecule has 0 bridgehead atoms. The summed E-state index contributed by atoms with van der Waals surface area (Å²) in [6.07, 6.45) is 1.62. The fraction of sp³-hybridized carbons (Fsp3) is 0.133. The minimum Gasteiger partial charge on any atom is -0.496 e. The first-order valence-corrected chi connectivity index (χ1v) is 5.49. The van der Waals surface area contributed by atoms with E-state index in [4.69, 9.17) is 4.74 Å². The molecule has 2 aromatic carbocycles. The molecule has 0 radical (unpaired) electrons. The molecule has 0 aliphatic heterocycles. The van der Waals surface area contributed by atoms with Crippen molar-refractivity contribution in [1.29, 1.82) is 0 Å². The monoisotopic (exact) mass is 226 g/mol. The van der Waals surface area contributed by atoms with Crippen LogP contribution in [0.15, 0.2) is 48.5 Å². The van der Waals surface area contributed by atoms with Gasteiger partial charge in [-0.15, -0.1) is 0 Å². The molecule has 0 aromatic heterocycles. The van der Waals surface area contributed by atoms with Gasteiger partial charge >= 0.3 is 0 Å². The van der Waals surface area contributed by atoms with Crippen LogP contribution in [0.5, 0.6) is 5.75 Å². The van der Waals surface area contributed by atoms with Crippen molar-refractivity contribution < 1.29 is 9.53 Å². The molecular weight excluding hydrogens is 212 g/mol. The van der Waals surface area contributed by atoms with E-state index in [1.54, 1.807) is 13.2 Å². The highest BCUT2D eigenvalue weighted by atomic mass is 16.5. The maximum atomic E-state index is 10.8. The maximum Gasteiger partial charge on any atom is 0.150 e. The van der Waals surface area contributed by atoms with E-state index in [1.165, 1.54) is 5.56 Å². The summed E-state index contributed by atoms with van der Waals surface area (Å²) in [6.45, 7) is 0. The number of ether oxygens (including phenoxy) is 1. The van der Waals surface area contributed by atoms with E-state index in [0.29, 0.717) is 5.56 Å². The van der Waals surface area contributed by atoms with Crippen LogP contribution in [0.4, 0.5) is 0 Å². The summed E-state index contributed by atoms with van der Waals surface area (Å²) >= 11 is 0. The van der Waals surface area contributed by atoms with Gasteiger partial charge in [0.2, 0.25) is 0 Å². The number of rotatable bonds is 4. The van der Waals surface area contributed by atoms with Gasteiger partial charge in [0.25, 0.3) is 0 Å². The third kappa shape index (κ3) is 2.72. The topological polar surface area (TPSA) is 26.3 Å². The summed E-state index contributed by atoms with van der Waals surface area (Å²) in [5, 5.41) is 0. The van der Waals surface area contributed by atoms with Crippen LogP contribution in [0.25, 0.3) is 0 Å². The first-order valence-electron chi connectivity index (χ1n) is 5.49. The lowest BCUT2D eigenvalue weighted by molar-refractivity contribution is 0.112. The molecular formula is C15H14O2. The summed E-state index contributed by atoms with van der Waals surface area (Å²) in [5.74, 6) is 0.819. The van der Waals surface area contributed by atoms with Crippen LogP contribution in [-0.4, -0.2) is 13.4 Å². The summed E-state index contributed by atoms with van der Waals surface area (Å²) in [4.78, 5) is 10.8. The van der Waals surface area contributed by atoms with Crippen molar-refractivity contribution in [3.8, 4) is 5.75 Å². The van der Waals surface area contributed by atoms with E-state index in [9.17, 15) is 4.79 Å². The van der Waals surface area contributed by atoms with Crippen molar-refractivity contribution >= 4 is 6.29 Å². The molecule has 2 heteroatoms. The molecule has 2 rings (SSSR count). The largest absolute Gasteiger partial charge is 0.496 e. The van der Waals surface area contributed by atoms with Crippen LogP contribution in [0, 0.1) is 0 Å². The van der Waals surface area contributed by atoms with E-state index in [-0.39, 0.29) is 0 Å². The molecule has 0 amide bonds. The van der Waals surface area contributed by atoms with Gasteiger partial charge in [-0.2, -0.15) is 0 Å². The molecule has 0 aliphatic carbocycles. The van der Waals surface area contributed by atoms with E-state index in [2.05, 4.69) is 12.1 Å². The summed E-state index contributed by atoms with van der Waals surface area (Å²) < 4.78 is 5.30. The molecule has 0 aliphatic rings. The van der Waals surface area contributed by atoms with Gasteiger partial charge in [0, 0.05) is 12.0 Å². The Kier molecular flexibility index (Phi) is 3.55. The molecule has 0 heterocycles. The Hall–Kier alpha value is -2.09. The van der Waals surface area contributed by atoms with Crippen molar-refractivity contribution in [2.24, 2.45) is 0 Å². The van der Waals surface area contributed by atoms with Gasteiger partial charge in [0.05, 0.1) is 7.11 Å². The van der Waals surface area contributed by atoms with E-state index in [0.717, 1.165) is 24.0 Å². The Labute approximate surface area is 101 Å². The molecule has 0 unspecified atom stereocenters. The predicted molar refractivity (Wildman–Crippen MR) is 67.6 cm³/mol. The van der Waals surface area contributed by atoms with Gasteiger partial charge in [-0.05, 0) is 29.3 Å². The van der Waals surface area contributed by atoms with Crippen LogP contribution >= 0.6 is 0 Å². The Morgan fingerprint density at radius 3 is 2.53 bits per heavy atom. The van der Waals surface area contributed by atoms with E-state index >= 15 is 0 Å². The highest BCUT2D eigenvalue weighted by molar-refractivity contribution is 5.75. The Morgan fingerprint density at radius 1 is 1.12 bits per heavy atom. The first-order chi connectivity index (χ1) is 8.33. The smallest absolute Gasteiger partial charge is 0.150 e. The summed E-state index contributed by atoms with van der Waals surface area (Å²) in [6, 6.07) is 15.6. The van der Waals surface area contributed by atoms with Crippen molar-refractivity contribution in [2.45, 2.75) is 6.42 Å². The second kappa shape index (κ2) is 5.30. The number of benzene rings is 2. The fourth-order valence-electron chi connectivity index (χ4n) is 1.83. The molecule has 0 fully saturated rings. The van der Waals surface area contributed by atoms with E-state index < -0.39 is 0 Å². The zero-order valence-electron chi connectivity index (χ0n) is 9.72. The van der Waals surface area contributed by atoms with Gasteiger partial charge in [0.15, 0.2) is 0 Å². The van der Waals surface area contributed by atoms with Crippen molar-refractivity contribution in [3.63, 3.8) is 0 Å². The summed E-state index contributed by atoms with van der Waals surface area (Å²) in [5.41, 5.74) is 2.91. The van der Waals surface area contributed by atoms with E-state index in [1.807, 2.05) is 30.3 Å². The lowest BCUT2D eigenvalue weighted by Gasteiger charge is -2.09. The second-order valence-corrected chi connectivity index (χ2v) is 3.85. The molecule has 0 spiro atoms. The minimum atomic E-state index is 0.678. The van der Waals surface area contributed by atoms with Gasteiger partial charge in [-0.1, -0.05) is 30.3 Å². The van der Waals surface area contributed by atoms with Gasteiger partial charge in [-0.3, -0.25) is 4.79 Å². The zero-order chi connectivity index (χ0) is 12.1. The quantitative estimate of drug-likeness (QED) is 0.749. The predicted octanol–water partition coefficient (Wildman–Crippen LogP) is 3.10. The number of hydrogen-bond donors (Lipinski definition) is 0. The SMILES string of the molecule is COc1ccc(C=O)cc1Cc1ccccc1. The molecule has 17 heavy (non-hydrogen) atoms. The number of carbonyl (C=O) groups is 1.